The van der Waals surface area contributed by atoms with Crippen molar-refractivity contribution in [1.29, 1.82) is 0 Å². The summed E-state index contributed by atoms with van der Waals surface area (Å²) in [6.07, 6.45) is 3.79. The largest absolute Gasteiger partial charge is 0.306 e. The Bertz CT molecular complexity index is 525. The first-order valence-electron chi connectivity index (χ1n) is 6.05. The van der Waals surface area contributed by atoms with Crippen molar-refractivity contribution in [3.05, 3.63) is 63.9 Å². The summed E-state index contributed by atoms with van der Waals surface area (Å²) in [5.74, 6) is 0. The van der Waals surface area contributed by atoms with Crippen LogP contribution in [-0.4, -0.2) is 4.98 Å². The molecule has 2 aromatic rings. The third-order valence-corrected chi connectivity index (χ3v) is 3.64. The van der Waals surface area contributed by atoms with Crippen molar-refractivity contribution in [1.82, 2.24) is 10.3 Å². The van der Waals surface area contributed by atoms with Gasteiger partial charge in [0, 0.05) is 29.5 Å². The minimum absolute atomic E-state index is 0.307. The Morgan fingerprint density at radius 2 is 2.06 bits per heavy atom. The lowest BCUT2D eigenvalue weighted by atomic mass is 10.1. The van der Waals surface area contributed by atoms with E-state index in [-0.39, 0.29) is 0 Å². The van der Waals surface area contributed by atoms with Gasteiger partial charge < -0.3 is 5.32 Å². The number of benzene rings is 1. The van der Waals surface area contributed by atoms with Crippen LogP contribution < -0.4 is 5.32 Å². The summed E-state index contributed by atoms with van der Waals surface area (Å²) in [5, 5.41) is 3.51. The van der Waals surface area contributed by atoms with Crippen LogP contribution in [0.3, 0.4) is 0 Å². The normalized spacial score (nSPS) is 12.4. The lowest BCUT2D eigenvalue weighted by Gasteiger charge is -2.15. The van der Waals surface area contributed by atoms with Gasteiger partial charge >= 0.3 is 0 Å². The summed E-state index contributed by atoms with van der Waals surface area (Å²) in [7, 11) is 0. The maximum Gasteiger partial charge on any atom is 0.0313 e. The number of aromatic nitrogens is 1. The van der Waals surface area contributed by atoms with E-state index in [1.807, 2.05) is 18.5 Å². The van der Waals surface area contributed by atoms with Gasteiger partial charge in [0.05, 0.1) is 0 Å². The predicted molar refractivity (Wildman–Crippen MR) is 78.4 cm³/mol. The Balaban J connectivity index is 2.00. The van der Waals surface area contributed by atoms with E-state index >= 15 is 0 Å². The molecule has 94 valence electrons. The van der Waals surface area contributed by atoms with Crippen molar-refractivity contribution in [2.45, 2.75) is 26.4 Å². The van der Waals surface area contributed by atoms with Gasteiger partial charge in [-0.15, -0.1) is 0 Å². The average molecular weight is 305 g/mol. The molecular weight excluding hydrogens is 288 g/mol. The SMILES string of the molecule is Cc1cncc(CN[C@H](C)c2ccccc2Br)c1. The van der Waals surface area contributed by atoms with Crippen LogP contribution in [0, 0.1) is 6.92 Å². The second-order valence-corrected chi connectivity index (χ2v) is 5.35. The van der Waals surface area contributed by atoms with Crippen molar-refractivity contribution in [2.75, 3.05) is 0 Å². The summed E-state index contributed by atoms with van der Waals surface area (Å²) in [4.78, 5) is 4.20. The van der Waals surface area contributed by atoms with Crippen molar-refractivity contribution in [3.63, 3.8) is 0 Å². The Morgan fingerprint density at radius 1 is 1.28 bits per heavy atom. The summed E-state index contributed by atoms with van der Waals surface area (Å²) in [5.41, 5.74) is 3.69. The van der Waals surface area contributed by atoms with Crippen LogP contribution in [0.1, 0.15) is 29.7 Å². The van der Waals surface area contributed by atoms with E-state index in [0.717, 1.165) is 11.0 Å². The van der Waals surface area contributed by atoms with Gasteiger partial charge in [-0.05, 0) is 36.6 Å². The first kappa shape index (κ1) is 13.2. The average Bonchev–Trinajstić information content (AvgIpc) is 2.37. The first-order chi connectivity index (χ1) is 8.66. The Hall–Kier alpha value is -1.19. The number of halogens is 1. The highest BCUT2D eigenvalue weighted by atomic mass is 79.9. The molecule has 1 aromatic heterocycles. The molecule has 0 aliphatic heterocycles. The molecule has 0 spiro atoms. The molecule has 3 heteroatoms. The van der Waals surface area contributed by atoms with Gasteiger partial charge in [-0.3, -0.25) is 4.98 Å². The maximum atomic E-state index is 4.20. The Kier molecular flexibility index (Phi) is 4.50. The number of hydrogen-bond acceptors (Lipinski definition) is 2. The van der Waals surface area contributed by atoms with Gasteiger partial charge in [0.2, 0.25) is 0 Å². The molecule has 0 fully saturated rings. The Morgan fingerprint density at radius 3 is 2.78 bits per heavy atom. The lowest BCUT2D eigenvalue weighted by molar-refractivity contribution is 0.572. The monoisotopic (exact) mass is 304 g/mol. The molecule has 0 bridgehead atoms. The summed E-state index contributed by atoms with van der Waals surface area (Å²) in [6, 6.07) is 10.8. The van der Waals surface area contributed by atoms with E-state index in [9.17, 15) is 0 Å². The zero-order chi connectivity index (χ0) is 13.0. The number of nitrogens with zero attached hydrogens (tertiary/aromatic N) is 1. The van der Waals surface area contributed by atoms with Crippen LogP contribution in [0.25, 0.3) is 0 Å². The van der Waals surface area contributed by atoms with Crippen LogP contribution in [0.2, 0.25) is 0 Å². The van der Waals surface area contributed by atoms with Crippen LogP contribution in [-0.2, 0) is 6.54 Å². The fourth-order valence-corrected chi connectivity index (χ4v) is 2.55. The number of hydrogen-bond donors (Lipinski definition) is 1. The second-order valence-electron chi connectivity index (χ2n) is 4.49. The predicted octanol–water partition coefficient (Wildman–Crippen LogP) is 4.00. The fourth-order valence-electron chi connectivity index (χ4n) is 1.92. The van der Waals surface area contributed by atoms with Crippen LogP contribution in [0.4, 0.5) is 0 Å². The maximum absolute atomic E-state index is 4.20. The van der Waals surface area contributed by atoms with Crippen LogP contribution in [0.5, 0.6) is 0 Å². The smallest absolute Gasteiger partial charge is 0.0313 e. The molecule has 2 rings (SSSR count). The molecule has 1 atom stereocenters. The highest BCUT2D eigenvalue weighted by Gasteiger charge is 2.07. The molecule has 0 saturated heterocycles. The third kappa shape index (κ3) is 3.40. The highest BCUT2D eigenvalue weighted by Crippen LogP contribution is 2.22. The van der Waals surface area contributed by atoms with Gasteiger partial charge in [-0.1, -0.05) is 40.2 Å². The number of aryl methyl sites for hydroxylation is 1. The van der Waals surface area contributed by atoms with Crippen molar-refractivity contribution < 1.29 is 0 Å². The van der Waals surface area contributed by atoms with Crippen molar-refractivity contribution in [2.24, 2.45) is 0 Å². The van der Waals surface area contributed by atoms with Gasteiger partial charge in [-0.25, -0.2) is 0 Å². The van der Waals surface area contributed by atoms with Crippen LogP contribution in [0.15, 0.2) is 47.2 Å². The number of pyridine rings is 1. The minimum Gasteiger partial charge on any atom is -0.306 e. The van der Waals surface area contributed by atoms with Crippen LogP contribution >= 0.6 is 15.9 Å². The molecule has 0 aliphatic carbocycles. The molecule has 0 aliphatic rings. The van der Waals surface area contributed by atoms with Crippen molar-refractivity contribution >= 4 is 15.9 Å². The molecule has 2 nitrogen and oxygen atoms in total. The Labute approximate surface area is 117 Å². The minimum atomic E-state index is 0.307. The van der Waals surface area contributed by atoms with Gasteiger partial charge in [0.25, 0.3) is 0 Å². The standard InChI is InChI=1S/C15H17BrN2/c1-11-7-13(9-17-8-11)10-18-12(2)14-5-3-4-6-15(14)16/h3-9,12,18H,10H2,1-2H3/t12-/m1/s1. The quantitative estimate of drug-likeness (QED) is 0.923. The molecule has 0 radical (unpaired) electrons. The van der Waals surface area contributed by atoms with E-state index in [1.54, 1.807) is 0 Å². The number of rotatable bonds is 4. The fraction of sp³-hybridized carbons (Fsp3) is 0.267. The first-order valence-corrected chi connectivity index (χ1v) is 6.84. The van der Waals surface area contributed by atoms with E-state index in [2.05, 4.69) is 64.3 Å². The van der Waals surface area contributed by atoms with Crippen molar-refractivity contribution in [3.8, 4) is 0 Å². The molecule has 1 aromatic carbocycles. The van der Waals surface area contributed by atoms with Gasteiger partial charge in [0.15, 0.2) is 0 Å². The molecule has 0 unspecified atom stereocenters. The molecule has 0 saturated carbocycles. The van der Waals surface area contributed by atoms with E-state index in [4.69, 9.17) is 0 Å². The molecule has 18 heavy (non-hydrogen) atoms. The summed E-state index contributed by atoms with van der Waals surface area (Å²) in [6.45, 7) is 5.06. The summed E-state index contributed by atoms with van der Waals surface area (Å²) >= 11 is 3.58. The third-order valence-electron chi connectivity index (χ3n) is 2.92. The van der Waals surface area contributed by atoms with E-state index in [0.29, 0.717) is 6.04 Å². The molecular formula is C15H17BrN2. The van der Waals surface area contributed by atoms with E-state index in [1.165, 1.54) is 16.7 Å². The molecule has 0 amide bonds. The zero-order valence-corrected chi connectivity index (χ0v) is 12.2. The highest BCUT2D eigenvalue weighted by molar-refractivity contribution is 9.10. The van der Waals surface area contributed by atoms with Gasteiger partial charge in [-0.2, -0.15) is 0 Å². The summed E-state index contributed by atoms with van der Waals surface area (Å²) < 4.78 is 1.15. The topological polar surface area (TPSA) is 24.9 Å². The number of nitrogens with one attached hydrogen (secondary N) is 1. The van der Waals surface area contributed by atoms with E-state index < -0.39 is 0 Å². The molecule has 1 N–H and O–H groups in total. The van der Waals surface area contributed by atoms with Gasteiger partial charge in [0.1, 0.15) is 0 Å². The zero-order valence-electron chi connectivity index (χ0n) is 10.7. The lowest BCUT2D eigenvalue weighted by Crippen LogP contribution is -2.18. The molecule has 1 heterocycles. The second kappa shape index (κ2) is 6.12.